The van der Waals surface area contributed by atoms with Gasteiger partial charge in [-0.3, -0.25) is 9.59 Å². The summed E-state index contributed by atoms with van der Waals surface area (Å²) in [6.45, 7) is 5.92. The first kappa shape index (κ1) is 16.1. The first-order valence-corrected chi connectivity index (χ1v) is 8.78. The molecular formula is C18H23N5O2. The van der Waals surface area contributed by atoms with E-state index in [1.165, 1.54) is 0 Å². The lowest BCUT2D eigenvalue weighted by Gasteiger charge is -2.37. The van der Waals surface area contributed by atoms with Crippen LogP contribution in [0.5, 0.6) is 0 Å². The molecule has 0 radical (unpaired) electrons. The number of hydrogen-bond donors (Lipinski definition) is 0. The van der Waals surface area contributed by atoms with Gasteiger partial charge in [0, 0.05) is 38.1 Å². The zero-order chi connectivity index (χ0) is 17.8. The third kappa shape index (κ3) is 2.41. The molecule has 0 atom stereocenters. The van der Waals surface area contributed by atoms with E-state index < -0.39 is 0 Å². The second-order valence-corrected chi connectivity index (χ2v) is 7.38. The fourth-order valence-electron chi connectivity index (χ4n) is 4.19. The average molecular weight is 341 g/mol. The van der Waals surface area contributed by atoms with Crippen molar-refractivity contribution < 1.29 is 9.59 Å². The van der Waals surface area contributed by atoms with Gasteiger partial charge in [-0.1, -0.05) is 0 Å². The van der Waals surface area contributed by atoms with E-state index in [4.69, 9.17) is 0 Å². The molecule has 7 heteroatoms. The Morgan fingerprint density at radius 1 is 1.16 bits per heavy atom. The molecule has 0 aliphatic carbocycles. The predicted octanol–water partition coefficient (Wildman–Crippen LogP) is 1.43. The van der Waals surface area contributed by atoms with E-state index >= 15 is 0 Å². The molecular weight excluding hydrogens is 318 g/mol. The van der Waals surface area contributed by atoms with Gasteiger partial charge in [0.2, 0.25) is 5.91 Å². The molecule has 0 aromatic carbocycles. The minimum absolute atomic E-state index is 0.0406. The molecule has 4 heterocycles. The molecule has 0 saturated carbocycles. The van der Waals surface area contributed by atoms with Crippen LogP contribution in [0.3, 0.4) is 0 Å². The molecule has 7 nitrogen and oxygen atoms in total. The monoisotopic (exact) mass is 341 g/mol. The predicted molar refractivity (Wildman–Crippen MR) is 92.3 cm³/mol. The third-order valence-electron chi connectivity index (χ3n) is 5.74. The Kier molecular flexibility index (Phi) is 3.56. The Labute approximate surface area is 146 Å². The highest BCUT2D eigenvalue weighted by Crippen LogP contribution is 2.41. The molecule has 2 aromatic heterocycles. The molecule has 2 saturated heterocycles. The largest absolute Gasteiger partial charge is 0.345 e. The van der Waals surface area contributed by atoms with Crippen molar-refractivity contribution in [3.63, 3.8) is 0 Å². The molecule has 2 fully saturated rings. The van der Waals surface area contributed by atoms with Crippen LogP contribution in [0.4, 0.5) is 0 Å². The van der Waals surface area contributed by atoms with Gasteiger partial charge >= 0.3 is 0 Å². The smallest absolute Gasteiger partial charge is 0.259 e. The molecule has 0 bridgehead atoms. The number of carbonyl (C=O) groups excluding carboxylic acids is 2. The Morgan fingerprint density at radius 2 is 1.84 bits per heavy atom. The molecule has 132 valence electrons. The van der Waals surface area contributed by atoms with Crippen LogP contribution in [-0.4, -0.2) is 62.9 Å². The molecule has 2 aliphatic heterocycles. The fraction of sp³-hybridized carbons (Fsp3) is 0.556. The molecule has 0 unspecified atom stereocenters. The topological polar surface area (TPSA) is 70.8 Å². The van der Waals surface area contributed by atoms with Gasteiger partial charge in [-0.25, -0.2) is 9.50 Å². The van der Waals surface area contributed by atoms with Gasteiger partial charge in [-0.2, -0.15) is 5.10 Å². The van der Waals surface area contributed by atoms with Crippen LogP contribution in [0.2, 0.25) is 0 Å². The zero-order valence-corrected chi connectivity index (χ0v) is 14.9. The summed E-state index contributed by atoms with van der Waals surface area (Å²) < 4.78 is 1.71. The first-order chi connectivity index (χ1) is 11.9. The van der Waals surface area contributed by atoms with Gasteiger partial charge in [0.15, 0.2) is 5.65 Å². The highest BCUT2D eigenvalue weighted by molar-refractivity contribution is 6.00. The van der Waals surface area contributed by atoms with E-state index in [0.29, 0.717) is 24.3 Å². The highest BCUT2D eigenvalue weighted by Gasteiger charge is 2.47. The maximum atomic E-state index is 13.0. The maximum absolute atomic E-state index is 13.0. The van der Waals surface area contributed by atoms with Crippen LogP contribution in [0, 0.1) is 19.3 Å². The summed E-state index contributed by atoms with van der Waals surface area (Å²) in [5.74, 6) is 0.199. The van der Waals surface area contributed by atoms with Gasteiger partial charge in [0.05, 0.1) is 11.6 Å². The van der Waals surface area contributed by atoms with E-state index in [9.17, 15) is 9.59 Å². The minimum atomic E-state index is -0.252. The SMILES string of the molecule is Cc1cc(C)n2ncc(C(=O)N3CCC4(CCN(C)C4=O)CC3)c2n1. The third-order valence-corrected chi connectivity index (χ3v) is 5.74. The summed E-state index contributed by atoms with van der Waals surface area (Å²) in [7, 11) is 1.87. The summed E-state index contributed by atoms with van der Waals surface area (Å²) in [5, 5.41) is 4.31. The normalized spacial score (nSPS) is 20.0. The maximum Gasteiger partial charge on any atom is 0.259 e. The Bertz CT molecular complexity index is 864. The summed E-state index contributed by atoms with van der Waals surface area (Å²) in [6.07, 6.45) is 4.00. The number of aryl methyl sites for hydroxylation is 2. The zero-order valence-electron chi connectivity index (χ0n) is 14.9. The molecule has 4 rings (SSSR count). The number of carbonyl (C=O) groups is 2. The number of nitrogens with zero attached hydrogens (tertiary/aromatic N) is 5. The fourth-order valence-corrected chi connectivity index (χ4v) is 4.19. The number of amides is 2. The molecule has 2 aromatic rings. The molecule has 1 spiro atoms. The number of piperidine rings is 1. The summed E-state index contributed by atoms with van der Waals surface area (Å²) >= 11 is 0. The first-order valence-electron chi connectivity index (χ1n) is 8.78. The Hall–Kier alpha value is -2.44. The van der Waals surface area contributed by atoms with E-state index in [1.807, 2.05) is 36.8 Å². The van der Waals surface area contributed by atoms with Crippen LogP contribution in [0.15, 0.2) is 12.3 Å². The van der Waals surface area contributed by atoms with E-state index in [0.717, 1.165) is 37.2 Å². The van der Waals surface area contributed by atoms with Gasteiger partial charge in [0.1, 0.15) is 5.56 Å². The number of hydrogen-bond acceptors (Lipinski definition) is 4. The van der Waals surface area contributed by atoms with Crippen LogP contribution in [0.25, 0.3) is 5.65 Å². The number of rotatable bonds is 1. The van der Waals surface area contributed by atoms with E-state index in [1.54, 1.807) is 10.7 Å². The lowest BCUT2D eigenvalue weighted by Crippen LogP contribution is -2.46. The standard InChI is InChI=1S/C18H23N5O2/c1-12-10-13(2)23-15(20-12)14(11-19-23)16(24)22-8-5-18(6-9-22)4-7-21(3)17(18)25/h10-11H,4-9H2,1-3H3. The van der Waals surface area contributed by atoms with Crippen molar-refractivity contribution in [1.82, 2.24) is 24.4 Å². The van der Waals surface area contributed by atoms with Gasteiger partial charge in [0.25, 0.3) is 5.91 Å². The second-order valence-electron chi connectivity index (χ2n) is 7.38. The van der Waals surface area contributed by atoms with E-state index in [2.05, 4.69) is 10.1 Å². The van der Waals surface area contributed by atoms with Crippen molar-refractivity contribution in [2.45, 2.75) is 33.1 Å². The summed E-state index contributed by atoms with van der Waals surface area (Å²) in [6, 6.07) is 1.95. The summed E-state index contributed by atoms with van der Waals surface area (Å²) in [4.78, 5) is 33.6. The van der Waals surface area contributed by atoms with Crippen molar-refractivity contribution in [3.8, 4) is 0 Å². The van der Waals surface area contributed by atoms with Crippen molar-refractivity contribution in [1.29, 1.82) is 0 Å². The second kappa shape index (κ2) is 5.54. The van der Waals surface area contributed by atoms with Gasteiger partial charge < -0.3 is 9.80 Å². The van der Waals surface area contributed by atoms with Crippen molar-refractivity contribution in [3.05, 3.63) is 29.2 Å². The van der Waals surface area contributed by atoms with Crippen molar-refractivity contribution in [2.24, 2.45) is 5.41 Å². The Morgan fingerprint density at radius 3 is 2.48 bits per heavy atom. The van der Waals surface area contributed by atoms with Crippen LogP contribution >= 0.6 is 0 Å². The molecule has 25 heavy (non-hydrogen) atoms. The lowest BCUT2D eigenvalue weighted by atomic mass is 9.77. The quantitative estimate of drug-likeness (QED) is 0.787. The van der Waals surface area contributed by atoms with Crippen molar-refractivity contribution in [2.75, 3.05) is 26.7 Å². The van der Waals surface area contributed by atoms with Crippen molar-refractivity contribution >= 4 is 17.5 Å². The number of likely N-dealkylation sites (tertiary alicyclic amines) is 2. The van der Waals surface area contributed by atoms with Crippen LogP contribution in [0.1, 0.15) is 41.0 Å². The summed E-state index contributed by atoms with van der Waals surface area (Å²) in [5.41, 5.74) is 2.73. The molecule has 0 N–H and O–H groups in total. The number of aromatic nitrogens is 3. The molecule has 2 aliphatic rings. The Balaban J connectivity index is 1.56. The highest BCUT2D eigenvalue weighted by atomic mass is 16.2. The average Bonchev–Trinajstić information content (AvgIpc) is 3.13. The van der Waals surface area contributed by atoms with Gasteiger partial charge in [-0.05, 0) is 39.2 Å². The van der Waals surface area contributed by atoms with Crippen LogP contribution in [-0.2, 0) is 4.79 Å². The van der Waals surface area contributed by atoms with E-state index in [-0.39, 0.29) is 17.2 Å². The van der Waals surface area contributed by atoms with Crippen LogP contribution < -0.4 is 0 Å². The number of fused-ring (bicyclic) bond motifs is 1. The minimum Gasteiger partial charge on any atom is -0.345 e. The lowest BCUT2D eigenvalue weighted by molar-refractivity contribution is -0.137. The molecule has 2 amide bonds. The van der Waals surface area contributed by atoms with Gasteiger partial charge in [-0.15, -0.1) is 0 Å².